The van der Waals surface area contributed by atoms with E-state index in [0.717, 1.165) is 5.70 Å². The summed E-state index contributed by atoms with van der Waals surface area (Å²) in [6, 6.07) is 12.6. The molecule has 1 aliphatic heterocycles. The molecule has 0 unspecified atom stereocenters. The van der Waals surface area contributed by atoms with Crippen LogP contribution in [0.25, 0.3) is 22.6 Å². The average Bonchev–Trinajstić information content (AvgIpc) is 3.13. The second-order valence-electron chi connectivity index (χ2n) is 6.61. The number of anilines is 1. The first kappa shape index (κ1) is 18.4. The molecule has 29 heavy (non-hydrogen) atoms. The molecule has 3 N–H and O–H groups in total. The van der Waals surface area contributed by atoms with Crippen LogP contribution in [0.15, 0.2) is 77.0 Å². The minimum absolute atomic E-state index is 0.124. The molecule has 2 amide bonds. The molecule has 2 heterocycles. The number of aromatic hydroxyl groups is 2. The Morgan fingerprint density at radius 3 is 2.28 bits per heavy atom. The zero-order valence-electron chi connectivity index (χ0n) is 15.7. The largest absolute Gasteiger partial charge is 0.508 e. The molecular formula is C22H19N3O4. The van der Waals surface area contributed by atoms with Gasteiger partial charge in [0.2, 0.25) is 0 Å². The van der Waals surface area contributed by atoms with Gasteiger partial charge in [-0.15, -0.1) is 0 Å². The molecular weight excluding hydrogens is 370 g/mol. The van der Waals surface area contributed by atoms with Crippen molar-refractivity contribution < 1.29 is 19.5 Å². The van der Waals surface area contributed by atoms with E-state index in [9.17, 15) is 15.0 Å². The van der Waals surface area contributed by atoms with Gasteiger partial charge in [0.25, 0.3) is 0 Å². The highest BCUT2D eigenvalue weighted by molar-refractivity contribution is 5.99. The summed E-state index contributed by atoms with van der Waals surface area (Å²) in [4.78, 5) is 14.5. The Bertz CT molecular complexity index is 1030. The predicted molar refractivity (Wildman–Crippen MR) is 109 cm³/mol. The zero-order chi connectivity index (χ0) is 20.4. The van der Waals surface area contributed by atoms with Crippen molar-refractivity contribution in [1.29, 1.82) is 0 Å². The Labute approximate surface area is 167 Å². The van der Waals surface area contributed by atoms with Gasteiger partial charge in [-0.05, 0) is 61.5 Å². The molecule has 0 saturated heterocycles. The van der Waals surface area contributed by atoms with Crippen LogP contribution in [-0.2, 0) is 0 Å². The Kier molecular flexibility index (Phi) is 4.78. The van der Waals surface area contributed by atoms with Gasteiger partial charge in [-0.1, -0.05) is 17.3 Å². The average molecular weight is 389 g/mol. The third-order valence-electron chi connectivity index (χ3n) is 4.63. The first-order valence-corrected chi connectivity index (χ1v) is 9.03. The van der Waals surface area contributed by atoms with Crippen LogP contribution in [0.5, 0.6) is 11.5 Å². The molecule has 3 aromatic rings. The first-order chi connectivity index (χ1) is 14.0. The second-order valence-corrected chi connectivity index (χ2v) is 6.61. The number of phenols is 2. The zero-order valence-corrected chi connectivity index (χ0v) is 15.7. The molecule has 0 atom stereocenters. The van der Waals surface area contributed by atoms with Crippen LogP contribution in [0.4, 0.5) is 10.5 Å². The maximum Gasteiger partial charge on any atom is 0.326 e. The van der Waals surface area contributed by atoms with Crippen LogP contribution in [0, 0.1) is 0 Å². The summed E-state index contributed by atoms with van der Waals surface area (Å²) in [5.41, 5.74) is 3.00. The van der Waals surface area contributed by atoms with Gasteiger partial charge in [0.1, 0.15) is 22.9 Å². The fraction of sp³-hybridized carbons (Fsp3) is 0.0909. The van der Waals surface area contributed by atoms with Crippen LogP contribution in [0.1, 0.15) is 6.92 Å². The van der Waals surface area contributed by atoms with E-state index in [1.807, 2.05) is 25.2 Å². The number of carbonyl (C=O) groups is 1. The molecule has 7 heteroatoms. The van der Waals surface area contributed by atoms with Gasteiger partial charge in [0, 0.05) is 23.4 Å². The lowest BCUT2D eigenvalue weighted by molar-refractivity contribution is 0.228. The van der Waals surface area contributed by atoms with Crippen molar-refractivity contribution in [2.75, 3.05) is 11.9 Å². The van der Waals surface area contributed by atoms with Gasteiger partial charge >= 0.3 is 6.03 Å². The Morgan fingerprint density at radius 1 is 1.03 bits per heavy atom. The number of phenolic OH excluding ortho intramolecular Hbond substituents is 2. The quantitative estimate of drug-likeness (QED) is 0.602. The number of allylic oxidation sites excluding steroid dienone is 3. The van der Waals surface area contributed by atoms with Crippen molar-refractivity contribution in [2.45, 2.75) is 6.92 Å². The first-order valence-electron chi connectivity index (χ1n) is 9.03. The van der Waals surface area contributed by atoms with Crippen LogP contribution in [0.3, 0.4) is 0 Å². The lowest BCUT2D eigenvalue weighted by atomic mass is 10.1. The molecule has 0 fully saturated rings. The van der Waals surface area contributed by atoms with Crippen LogP contribution < -0.4 is 5.32 Å². The lowest BCUT2D eigenvalue weighted by Crippen LogP contribution is -2.34. The number of benzene rings is 2. The van der Waals surface area contributed by atoms with Gasteiger partial charge in [-0.25, -0.2) is 4.79 Å². The number of carbonyl (C=O) groups excluding carboxylic acids is 1. The van der Waals surface area contributed by atoms with E-state index >= 15 is 0 Å². The van der Waals surface area contributed by atoms with E-state index in [2.05, 4.69) is 10.5 Å². The van der Waals surface area contributed by atoms with E-state index in [0.29, 0.717) is 34.8 Å². The molecule has 7 nitrogen and oxygen atoms in total. The second kappa shape index (κ2) is 7.55. The third kappa shape index (κ3) is 3.70. The molecule has 1 aromatic heterocycles. The number of aromatic nitrogens is 1. The number of nitrogens with zero attached hydrogens (tertiary/aromatic N) is 2. The van der Waals surface area contributed by atoms with Crippen molar-refractivity contribution in [1.82, 2.24) is 10.1 Å². The van der Waals surface area contributed by atoms with E-state index in [1.165, 1.54) is 24.3 Å². The molecule has 146 valence electrons. The summed E-state index contributed by atoms with van der Waals surface area (Å²) in [5.74, 6) is 0.622. The van der Waals surface area contributed by atoms with Crippen LogP contribution >= 0.6 is 0 Å². The molecule has 0 radical (unpaired) electrons. The molecule has 4 rings (SSSR count). The van der Waals surface area contributed by atoms with Crippen LogP contribution in [0.2, 0.25) is 0 Å². The molecule has 1 aliphatic rings. The SMILES string of the molecule is CC1=CC=CCN1C(=O)Nc1c(-c2ccc(O)cc2)noc1-c1ccc(O)cc1. The fourth-order valence-electron chi connectivity index (χ4n) is 3.06. The minimum Gasteiger partial charge on any atom is -0.508 e. The molecule has 2 aromatic carbocycles. The highest BCUT2D eigenvalue weighted by Gasteiger charge is 2.24. The summed E-state index contributed by atoms with van der Waals surface area (Å²) in [6.07, 6.45) is 5.66. The highest BCUT2D eigenvalue weighted by Crippen LogP contribution is 2.38. The van der Waals surface area contributed by atoms with Crippen molar-refractivity contribution in [3.05, 3.63) is 72.5 Å². The smallest absolute Gasteiger partial charge is 0.326 e. The summed E-state index contributed by atoms with van der Waals surface area (Å²) in [6.45, 7) is 2.32. The van der Waals surface area contributed by atoms with Crippen LogP contribution in [-0.4, -0.2) is 32.8 Å². The number of nitrogens with one attached hydrogen (secondary N) is 1. The monoisotopic (exact) mass is 389 g/mol. The third-order valence-corrected chi connectivity index (χ3v) is 4.63. The van der Waals surface area contributed by atoms with Gasteiger partial charge < -0.3 is 20.1 Å². The van der Waals surface area contributed by atoms with Gasteiger partial charge in [0.15, 0.2) is 5.76 Å². The predicted octanol–water partition coefficient (Wildman–Crippen LogP) is 4.73. The lowest BCUT2D eigenvalue weighted by Gasteiger charge is -2.24. The van der Waals surface area contributed by atoms with E-state index in [-0.39, 0.29) is 17.5 Å². The number of hydrogen-bond donors (Lipinski definition) is 3. The van der Waals surface area contributed by atoms with E-state index < -0.39 is 0 Å². The summed E-state index contributed by atoms with van der Waals surface area (Å²) >= 11 is 0. The Hall–Kier alpha value is -4.00. The molecule has 0 spiro atoms. The number of amides is 2. The van der Waals surface area contributed by atoms with Crippen molar-refractivity contribution >= 4 is 11.7 Å². The Balaban J connectivity index is 1.76. The maximum atomic E-state index is 12.9. The standard InChI is InChI=1S/C22H19N3O4/c1-14-4-2-3-13-25(14)22(28)23-20-19(15-5-9-17(26)10-6-15)24-29-21(20)16-7-11-18(27)12-8-16/h2-12,26-27H,13H2,1H3,(H,23,28). The normalized spacial score (nSPS) is 13.3. The summed E-state index contributed by atoms with van der Waals surface area (Å²) in [5, 5.41) is 26.2. The number of rotatable bonds is 3. The Morgan fingerprint density at radius 2 is 1.66 bits per heavy atom. The fourth-order valence-corrected chi connectivity index (χ4v) is 3.06. The maximum absolute atomic E-state index is 12.9. The van der Waals surface area contributed by atoms with Crippen molar-refractivity contribution in [3.63, 3.8) is 0 Å². The van der Waals surface area contributed by atoms with E-state index in [1.54, 1.807) is 29.2 Å². The summed E-state index contributed by atoms with van der Waals surface area (Å²) < 4.78 is 5.57. The van der Waals surface area contributed by atoms with E-state index in [4.69, 9.17) is 4.52 Å². The van der Waals surface area contributed by atoms with Crippen molar-refractivity contribution in [2.24, 2.45) is 0 Å². The number of hydrogen-bond acceptors (Lipinski definition) is 5. The molecule has 0 aliphatic carbocycles. The van der Waals surface area contributed by atoms with Gasteiger partial charge in [-0.3, -0.25) is 4.90 Å². The van der Waals surface area contributed by atoms with Gasteiger partial charge in [-0.2, -0.15) is 0 Å². The molecule has 0 saturated carbocycles. The minimum atomic E-state index is -0.314. The highest BCUT2D eigenvalue weighted by atomic mass is 16.5. The molecule has 0 bridgehead atoms. The summed E-state index contributed by atoms with van der Waals surface area (Å²) in [7, 11) is 0. The number of urea groups is 1. The topological polar surface area (TPSA) is 98.8 Å². The van der Waals surface area contributed by atoms with Crippen molar-refractivity contribution in [3.8, 4) is 34.1 Å². The van der Waals surface area contributed by atoms with Gasteiger partial charge in [0.05, 0.1) is 0 Å².